The summed E-state index contributed by atoms with van der Waals surface area (Å²) in [5.41, 5.74) is 2.71. The number of carbonyl (C=O) groups is 1. The molecule has 4 nitrogen and oxygen atoms in total. The Hall–Kier alpha value is -1.98. The highest BCUT2D eigenvalue weighted by Gasteiger charge is 2.14. The number of hydrogen-bond donors (Lipinski definition) is 2. The van der Waals surface area contributed by atoms with Crippen LogP contribution in [0.3, 0.4) is 0 Å². The molecule has 2 N–H and O–H groups in total. The Bertz CT molecular complexity index is 663. The first kappa shape index (κ1) is 16.4. The number of thiophene rings is 1. The van der Waals surface area contributed by atoms with Crippen molar-refractivity contribution in [1.29, 1.82) is 0 Å². The third kappa shape index (κ3) is 4.02. The number of amides is 1. The van der Waals surface area contributed by atoms with Crippen LogP contribution in [0.5, 0.6) is 0 Å². The van der Waals surface area contributed by atoms with Crippen molar-refractivity contribution >= 4 is 28.5 Å². The lowest BCUT2D eigenvalue weighted by molar-refractivity contribution is 0.102. The van der Waals surface area contributed by atoms with Gasteiger partial charge in [0.15, 0.2) is 0 Å². The average Bonchev–Trinajstić information content (AvgIpc) is 2.79. The molecule has 0 aliphatic rings. The molecule has 0 bridgehead atoms. The Morgan fingerprint density at radius 3 is 2.73 bits per heavy atom. The predicted molar refractivity (Wildman–Crippen MR) is 92.4 cm³/mol. The summed E-state index contributed by atoms with van der Waals surface area (Å²) in [6.07, 6.45) is 2.43. The molecule has 0 spiro atoms. The largest absolute Gasteiger partial charge is 0.396 e. The summed E-state index contributed by atoms with van der Waals surface area (Å²) in [6.45, 7) is 4.77. The number of aliphatic hydroxyl groups excluding tert-OH is 1. The van der Waals surface area contributed by atoms with Crippen molar-refractivity contribution in [1.82, 2.24) is 0 Å². The van der Waals surface area contributed by atoms with E-state index in [-0.39, 0.29) is 12.5 Å². The van der Waals surface area contributed by atoms with Crippen molar-refractivity contribution in [2.75, 3.05) is 18.5 Å². The predicted octanol–water partition coefficient (Wildman–Crippen LogP) is 3.42. The Balaban J connectivity index is 2.18. The van der Waals surface area contributed by atoms with Crippen LogP contribution >= 0.6 is 11.3 Å². The molecule has 0 fully saturated rings. The highest BCUT2D eigenvalue weighted by Crippen LogP contribution is 2.31. The first-order valence-electron chi connectivity index (χ1n) is 7.20. The quantitative estimate of drug-likeness (QED) is 0.633. The number of nitrogens with zero attached hydrogens (tertiary/aromatic N) is 1. The lowest BCUT2D eigenvalue weighted by Crippen LogP contribution is -2.11. The summed E-state index contributed by atoms with van der Waals surface area (Å²) in [5, 5.41) is 12.6. The average molecular weight is 316 g/mol. The first-order valence-corrected chi connectivity index (χ1v) is 8.02. The highest BCUT2D eigenvalue weighted by atomic mass is 32.1. The number of nitrogens with one attached hydrogen (secondary N) is 1. The van der Waals surface area contributed by atoms with Crippen LogP contribution in [0.4, 0.5) is 5.00 Å². The second-order valence-electron chi connectivity index (χ2n) is 4.96. The van der Waals surface area contributed by atoms with Gasteiger partial charge in [0.2, 0.25) is 0 Å². The molecule has 0 aliphatic heterocycles. The molecule has 0 aliphatic carbocycles. The molecule has 1 heterocycles. The SMILES string of the molecule is Cc1sc(NC(=O)c2ccccc2)c(C=NCCCO)c1C. The minimum atomic E-state index is -0.119. The van der Waals surface area contributed by atoms with Crippen LogP contribution in [0.1, 0.15) is 32.8 Å². The van der Waals surface area contributed by atoms with E-state index in [1.54, 1.807) is 29.7 Å². The summed E-state index contributed by atoms with van der Waals surface area (Å²) in [4.78, 5) is 17.8. The molecule has 0 radical (unpaired) electrons. The lowest BCUT2D eigenvalue weighted by atomic mass is 10.1. The Labute approximate surface area is 134 Å². The minimum absolute atomic E-state index is 0.119. The van der Waals surface area contributed by atoms with Crippen LogP contribution in [0, 0.1) is 13.8 Å². The topological polar surface area (TPSA) is 61.7 Å². The number of anilines is 1. The molecule has 116 valence electrons. The second kappa shape index (κ2) is 7.87. The van der Waals surface area contributed by atoms with Gasteiger partial charge in [-0.25, -0.2) is 0 Å². The molecule has 2 rings (SSSR count). The summed E-state index contributed by atoms with van der Waals surface area (Å²) in [6, 6.07) is 9.15. The van der Waals surface area contributed by atoms with E-state index in [0.717, 1.165) is 21.0 Å². The molecule has 5 heteroatoms. The zero-order chi connectivity index (χ0) is 15.9. The zero-order valence-electron chi connectivity index (χ0n) is 12.8. The lowest BCUT2D eigenvalue weighted by Gasteiger charge is -2.04. The van der Waals surface area contributed by atoms with Gasteiger partial charge >= 0.3 is 0 Å². The maximum absolute atomic E-state index is 12.3. The van der Waals surface area contributed by atoms with Crippen LogP contribution in [-0.2, 0) is 0 Å². The highest BCUT2D eigenvalue weighted by molar-refractivity contribution is 7.16. The van der Waals surface area contributed by atoms with Crippen LogP contribution in [0.2, 0.25) is 0 Å². The minimum Gasteiger partial charge on any atom is -0.396 e. The van der Waals surface area contributed by atoms with E-state index in [1.807, 2.05) is 32.0 Å². The van der Waals surface area contributed by atoms with E-state index in [9.17, 15) is 4.79 Å². The Morgan fingerprint density at radius 2 is 2.05 bits per heavy atom. The van der Waals surface area contributed by atoms with E-state index in [4.69, 9.17) is 5.11 Å². The second-order valence-corrected chi connectivity index (χ2v) is 6.18. The van der Waals surface area contributed by atoms with Gasteiger partial charge in [-0.3, -0.25) is 9.79 Å². The van der Waals surface area contributed by atoms with E-state index >= 15 is 0 Å². The Morgan fingerprint density at radius 1 is 1.32 bits per heavy atom. The van der Waals surface area contributed by atoms with Gasteiger partial charge in [-0.05, 0) is 38.0 Å². The maximum atomic E-state index is 12.3. The maximum Gasteiger partial charge on any atom is 0.256 e. The van der Waals surface area contributed by atoms with Crippen LogP contribution in [-0.4, -0.2) is 30.4 Å². The molecular formula is C17H20N2O2S. The molecular weight excluding hydrogens is 296 g/mol. The number of hydrogen-bond acceptors (Lipinski definition) is 4. The summed E-state index contributed by atoms with van der Waals surface area (Å²) < 4.78 is 0. The number of rotatable bonds is 6. The van der Waals surface area contributed by atoms with Gasteiger partial charge in [-0.1, -0.05) is 18.2 Å². The third-order valence-electron chi connectivity index (χ3n) is 3.36. The van der Waals surface area contributed by atoms with Crippen LogP contribution in [0.15, 0.2) is 35.3 Å². The molecule has 0 saturated heterocycles. The van der Waals surface area contributed by atoms with Gasteiger partial charge in [0, 0.05) is 35.4 Å². The number of benzene rings is 1. The van der Waals surface area contributed by atoms with Gasteiger partial charge in [-0.2, -0.15) is 0 Å². The Kier molecular flexibility index (Phi) is 5.86. The summed E-state index contributed by atoms with van der Waals surface area (Å²) in [5.74, 6) is -0.119. The monoisotopic (exact) mass is 316 g/mol. The molecule has 0 atom stereocenters. The van der Waals surface area contributed by atoms with Crippen molar-refractivity contribution in [2.45, 2.75) is 20.3 Å². The van der Waals surface area contributed by atoms with Crippen molar-refractivity contribution in [3.05, 3.63) is 51.9 Å². The first-order chi connectivity index (χ1) is 10.6. The van der Waals surface area contributed by atoms with Gasteiger partial charge in [0.05, 0.1) is 0 Å². The van der Waals surface area contributed by atoms with E-state index in [1.165, 1.54) is 0 Å². The number of aryl methyl sites for hydroxylation is 1. The summed E-state index contributed by atoms with van der Waals surface area (Å²) >= 11 is 1.56. The normalized spacial score (nSPS) is 11.0. The molecule has 22 heavy (non-hydrogen) atoms. The number of aliphatic imine (C=N–C) groups is 1. The van der Waals surface area contributed by atoms with Crippen LogP contribution in [0.25, 0.3) is 0 Å². The third-order valence-corrected chi connectivity index (χ3v) is 4.50. The fraction of sp³-hybridized carbons (Fsp3) is 0.294. The van der Waals surface area contributed by atoms with E-state index < -0.39 is 0 Å². The standard InChI is InChI=1S/C17H20N2O2S/c1-12-13(2)22-17(15(12)11-18-9-6-10-20)19-16(21)14-7-4-3-5-8-14/h3-5,7-8,11,20H,6,9-10H2,1-2H3,(H,19,21). The van der Waals surface area contributed by atoms with Gasteiger partial charge in [0.25, 0.3) is 5.91 Å². The molecule has 1 aromatic carbocycles. The van der Waals surface area contributed by atoms with Crippen molar-refractivity contribution < 1.29 is 9.90 Å². The van der Waals surface area contributed by atoms with Gasteiger partial charge in [0.1, 0.15) is 5.00 Å². The number of aliphatic hydroxyl groups is 1. The summed E-state index contributed by atoms with van der Waals surface area (Å²) in [7, 11) is 0. The molecule has 0 saturated carbocycles. The molecule has 1 amide bonds. The van der Waals surface area contributed by atoms with Gasteiger partial charge in [-0.15, -0.1) is 11.3 Å². The van der Waals surface area contributed by atoms with Crippen molar-refractivity contribution in [2.24, 2.45) is 4.99 Å². The smallest absolute Gasteiger partial charge is 0.256 e. The van der Waals surface area contributed by atoms with Crippen molar-refractivity contribution in [3.63, 3.8) is 0 Å². The fourth-order valence-corrected chi connectivity index (χ4v) is 3.00. The van der Waals surface area contributed by atoms with E-state index in [2.05, 4.69) is 10.3 Å². The van der Waals surface area contributed by atoms with E-state index in [0.29, 0.717) is 18.5 Å². The molecule has 2 aromatic rings. The van der Waals surface area contributed by atoms with Gasteiger partial charge < -0.3 is 10.4 Å². The number of carbonyl (C=O) groups excluding carboxylic acids is 1. The van der Waals surface area contributed by atoms with Crippen molar-refractivity contribution in [3.8, 4) is 0 Å². The molecule has 1 aromatic heterocycles. The van der Waals surface area contributed by atoms with Crippen LogP contribution < -0.4 is 5.32 Å². The fourth-order valence-electron chi connectivity index (χ4n) is 1.98. The zero-order valence-corrected chi connectivity index (χ0v) is 13.6. The molecule has 0 unspecified atom stereocenters.